The Morgan fingerprint density at radius 3 is 3.00 bits per heavy atom. The Hall–Kier alpha value is -2.52. The molecule has 1 saturated heterocycles. The van der Waals surface area contributed by atoms with Crippen molar-refractivity contribution in [2.24, 2.45) is 0 Å². The summed E-state index contributed by atoms with van der Waals surface area (Å²) in [6.45, 7) is 1.29. The summed E-state index contributed by atoms with van der Waals surface area (Å²) in [6.07, 6.45) is 6.53. The Balaban J connectivity index is 1.23. The maximum atomic E-state index is 13.4. The first kappa shape index (κ1) is 21.7. The Morgan fingerprint density at radius 2 is 2.16 bits per heavy atom. The van der Waals surface area contributed by atoms with Crippen LogP contribution in [0.5, 0.6) is 0 Å². The molecule has 0 radical (unpaired) electrons. The molecule has 0 aliphatic carbocycles. The van der Waals surface area contributed by atoms with Crippen molar-refractivity contribution < 1.29 is 9.18 Å². The van der Waals surface area contributed by atoms with Gasteiger partial charge < -0.3 is 4.90 Å². The third kappa shape index (κ3) is 5.22. The molecule has 0 saturated carbocycles. The average molecular weight is 431 g/mol. The molecule has 2 N–H and O–H groups in total. The van der Waals surface area contributed by atoms with Crippen molar-refractivity contribution in [3.05, 3.63) is 52.0 Å². The first-order valence-corrected chi connectivity index (χ1v) is 11.2. The van der Waals surface area contributed by atoms with E-state index in [2.05, 4.69) is 16.0 Å². The van der Waals surface area contributed by atoms with Crippen LogP contribution in [0.15, 0.2) is 29.1 Å². The minimum Gasteiger partial charge on any atom is -0.344 e. The van der Waals surface area contributed by atoms with Crippen molar-refractivity contribution in [3.63, 3.8) is 0 Å². The third-order valence-electron chi connectivity index (χ3n) is 6.27. The minimum atomic E-state index is -0.226. The van der Waals surface area contributed by atoms with Crippen molar-refractivity contribution >= 4 is 5.91 Å². The SMILES string of the molecule is CN(CCCC1CC(c2cccc(F)c2)NN1)C(=O)Cn1nc2n(c1=O)CCCCC2. The van der Waals surface area contributed by atoms with Crippen LogP contribution in [-0.4, -0.2) is 44.8 Å². The first-order valence-electron chi connectivity index (χ1n) is 11.2. The number of carbonyl (C=O) groups excluding carboxylic acids is 1. The maximum absolute atomic E-state index is 13.4. The Kier molecular flexibility index (Phi) is 6.82. The van der Waals surface area contributed by atoms with Crippen LogP contribution in [0.4, 0.5) is 4.39 Å². The molecule has 31 heavy (non-hydrogen) atoms. The molecule has 2 aliphatic heterocycles. The minimum absolute atomic E-state index is 0.0137. The molecule has 4 rings (SSSR count). The van der Waals surface area contributed by atoms with Gasteiger partial charge in [-0.05, 0) is 49.8 Å². The van der Waals surface area contributed by atoms with E-state index in [1.165, 1.54) is 10.7 Å². The maximum Gasteiger partial charge on any atom is 0.346 e. The van der Waals surface area contributed by atoms with Crippen molar-refractivity contribution in [2.75, 3.05) is 13.6 Å². The van der Waals surface area contributed by atoms with Gasteiger partial charge in [-0.15, -0.1) is 0 Å². The standard InChI is InChI=1S/C22H31FN6O2/c1-27(21(30)15-29-22(31)28-12-4-2-3-10-20(28)26-29)11-6-9-18-14-19(25-24-18)16-7-5-8-17(23)13-16/h5,7-8,13,18-19,24-25H,2-4,6,9-12,14-15H2,1H3. The predicted octanol–water partition coefficient (Wildman–Crippen LogP) is 1.76. The lowest BCUT2D eigenvalue weighted by atomic mass is 9.99. The molecular weight excluding hydrogens is 399 g/mol. The molecule has 0 bridgehead atoms. The van der Waals surface area contributed by atoms with Gasteiger partial charge in [0.15, 0.2) is 0 Å². The summed E-state index contributed by atoms with van der Waals surface area (Å²) in [5.74, 6) is 0.465. The van der Waals surface area contributed by atoms with Gasteiger partial charge in [0.1, 0.15) is 18.2 Å². The fourth-order valence-electron chi connectivity index (χ4n) is 4.43. The van der Waals surface area contributed by atoms with Crippen LogP contribution in [0, 0.1) is 5.82 Å². The topological polar surface area (TPSA) is 84.2 Å². The summed E-state index contributed by atoms with van der Waals surface area (Å²) in [6, 6.07) is 7.01. The summed E-state index contributed by atoms with van der Waals surface area (Å²) in [5.41, 5.74) is 7.26. The number of aromatic nitrogens is 3. The van der Waals surface area contributed by atoms with Crippen LogP contribution >= 0.6 is 0 Å². The Morgan fingerprint density at radius 1 is 1.29 bits per heavy atom. The van der Waals surface area contributed by atoms with Crippen LogP contribution in [0.25, 0.3) is 0 Å². The average Bonchev–Trinajstić information content (AvgIpc) is 3.25. The van der Waals surface area contributed by atoms with Gasteiger partial charge in [0.2, 0.25) is 5.91 Å². The lowest BCUT2D eigenvalue weighted by Crippen LogP contribution is -2.36. The smallest absolute Gasteiger partial charge is 0.344 e. The molecule has 1 aromatic heterocycles. The van der Waals surface area contributed by atoms with Crippen LogP contribution in [0.3, 0.4) is 0 Å². The summed E-state index contributed by atoms with van der Waals surface area (Å²) < 4.78 is 16.5. The van der Waals surface area contributed by atoms with Gasteiger partial charge in [-0.3, -0.25) is 20.2 Å². The van der Waals surface area contributed by atoms with E-state index in [0.29, 0.717) is 13.1 Å². The second kappa shape index (κ2) is 9.74. The van der Waals surface area contributed by atoms with E-state index in [4.69, 9.17) is 0 Å². The number of benzene rings is 1. The first-order chi connectivity index (χ1) is 15.0. The number of amides is 1. The van der Waals surface area contributed by atoms with Crippen molar-refractivity contribution in [3.8, 4) is 0 Å². The van der Waals surface area contributed by atoms with E-state index in [0.717, 1.165) is 56.3 Å². The summed E-state index contributed by atoms with van der Waals surface area (Å²) in [5, 5.41) is 4.39. The Bertz CT molecular complexity index is 971. The summed E-state index contributed by atoms with van der Waals surface area (Å²) in [4.78, 5) is 26.8. The fourth-order valence-corrected chi connectivity index (χ4v) is 4.43. The quantitative estimate of drug-likeness (QED) is 0.699. The molecular formula is C22H31FN6O2. The van der Waals surface area contributed by atoms with Crippen LogP contribution < -0.4 is 16.5 Å². The largest absolute Gasteiger partial charge is 0.346 e. The highest BCUT2D eigenvalue weighted by Gasteiger charge is 2.25. The van der Waals surface area contributed by atoms with E-state index in [1.54, 1.807) is 28.6 Å². The number of aryl methyl sites for hydroxylation is 1. The molecule has 1 fully saturated rings. The predicted molar refractivity (Wildman–Crippen MR) is 115 cm³/mol. The highest BCUT2D eigenvalue weighted by atomic mass is 19.1. The van der Waals surface area contributed by atoms with Crippen molar-refractivity contribution in [1.29, 1.82) is 0 Å². The number of hydrogen-bond donors (Lipinski definition) is 2. The van der Waals surface area contributed by atoms with Gasteiger partial charge in [0.25, 0.3) is 0 Å². The second-order valence-electron chi connectivity index (χ2n) is 8.61. The van der Waals surface area contributed by atoms with Crippen LogP contribution in [-0.2, 0) is 24.3 Å². The highest BCUT2D eigenvalue weighted by Crippen LogP contribution is 2.24. The highest BCUT2D eigenvalue weighted by molar-refractivity contribution is 5.75. The van der Waals surface area contributed by atoms with Gasteiger partial charge in [-0.2, -0.15) is 5.10 Å². The second-order valence-corrected chi connectivity index (χ2v) is 8.61. The number of hydrogen-bond acceptors (Lipinski definition) is 5. The van der Waals surface area contributed by atoms with E-state index in [9.17, 15) is 14.0 Å². The van der Waals surface area contributed by atoms with Crippen molar-refractivity contribution in [2.45, 2.75) is 70.1 Å². The number of hydrazine groups is 1. The van der Waals surface area contributed by atoms with E-state index in [1.807, 2.05) is 6.07 Å². The molecule has 2 atom stereocenters. The Labute approximate surface area is 181 Å². The zero-order valence-corrected chi connectivity index (χ0v) is 18.0. The number of carbonyl (C=O) groups is 1. The van der Waals surface area contributed by atoms with Gasteiger partial charge in [-0.25, -0.2) is 13.9 Å². The zero-order valence-electron chi connectivity index (χ0n) is 18.0. The zero-order chi connectivity index (χ0) is 21.8. The molecule has 9 heteroatoms. The molecule has 3 heterocycles. The van der Waals surface area contributed by atoms with E-state index < -0.39 is 0 Å². The van der Waals surface area contributed by atoms with E-state index >= 15 is 0 Å². The molecule has 1 amide bonds. The van der Waals surface area contributed by atoms with Gasteiger partial charge >= 0.3 is 5.69 Å². The van der Waals surface area contributed by atoms with Gasteiger partial charge in [0, 0.05) is 38.6 Å². The molecule has 1 aromatic carbocycles. The fraction of sp³-hybridized carbons (Fsp3) is 0.591. The monoisotopic (exact) mass is 430 g/mol. The number of rotatable bonds is 7. The number of nitrogens with zero attached hydrogens (tertiary/aromatic N) is 4. The molecule has 2 aliphatic rings. The normalized spacial score (nSPS) is 21.0. The van der Waals surface area contributed by atoms with E-state index in [-0.39, 0.29) is 36.0 Å². The molecule has 0 spiro atoms. The lowest BCUT2D eigenvalue weighted by molar-refractivity contribution is -0.130. The molecule has 8 nitrogen and oxygen atoms in total. The van der Waals surface area contributed by atoms with Gasteiger partial charge in [0.05, 0.1) is 0 Å². The van der Waals surface area contributed by atoms with Gasteiger partial charge in [-0.1, -0.05) is 18.6 Å². The summed E-state index contributed by atoms with van der Waals surface area (Å²) >= 11 is 0. The molecule has 2 aromatic rings. The van der Waals surface area contributed by atoms with Crippen LogP contribution in [0.1, 0.15) is 56.0 Å². The number of fused-ring (bicyclic) bond motifs is 1. The van der Waals surface area contributed by atoms with Crippen LogP contribution in [0.2, 0.25) is 0 Å². The number of nitrogens with one attached hydrogen (secondary N) is 2. The molecule has 2 unspecified atom stereocenters. The third-order valence-corrected chi connectivity index (χ3v) is 6.27. The summed E-state index contributed by atoms with van der Waals surface area (Å²) in [7, 11) is 1.77. The number of likely N-dealkylation sites (N-methyl/N-ethyl adjacent to an activating group) is 1. The number of halogens is 1. The van der Waals surface area contributed by atoms with Crippen molar-refractivity contribution in [1.82, 2.24) is 30.1 Å². The lowest BCUT2D eigenvalue weighted by Gasteiger charge is -2.18. The molecule has 168 valence electrons.